The second kappa shape index (κ2) is 6.73. The van der Waals surface area contributed by atoms with Crippen LogP contribution in [0.3, 0.4) is 0 Å². The van der Waals surface area contributed by atoms with E-state index in [1.165, 1.54) is 41.6 Å². The van der Waals surface area contributed by atoms with Crippen molar-refractivity contribution in [2.24, 2.45) is 0 Å². The highest BCUT2D eigenvalue weighted by Crippen LogP contribution is 2.30. The van der Waals surface area contributed by atoms with Gasteiger partial charge in [-0.25, -0.2) is 0 Å². The topological polar surface area (TPSA) is 24.3 Å². The van der Waals surface area contributed by atoms with Crippen LogP contribution in [0.15, 0.2) is 12.1 Å². The van der Waals surface area contributed by atoms with Gasteiger partial charge in [-0.2, -0.15) is 0 Å². The lowest BCUT2D eigenvalue weighted by Gasteiger charge is -2.39. The van der Waals surface area contributed by atoms with Crippen molar-refractivity contribution >= 4 is 11.0 Å². The molecule has 0 amide bonds. The van der Waals surface area contributed by atoms with Crippen LogP contribution >= 0.6 is 0 Å². The number of nitrogens with zero attached hydrogens (tertiary/aromatic N) is 4. The first-order valence-corrected chi connectivity index (χ1v) is 9.96. The molecule has 0 saturated carbocycles. The lowest BCUT2D eigenvalue weighted by Crippen LogP contribution is -2.45. The first-order valence-electron chi connectivity index (χ1n) is 9.96. The Morgan fingerprint density at radius 3 is 2.64 bits per heavy atom. The maximum atomic E-state index is 4.91. The Kier molecular flexibility index (Phi) is 4.59. The van der Waals surface area contributed by atoms with Crippen molar-refractivity contribution in [2.45, 2.75) is 71.6 Å². The molecular weight excluding hydrogens is 308 g/mol. The Balaban J connectivity index is 1.67. The number of pyridine rings is 1. The number of hydrogen-bond donors (Lipinski definition) is 0. The maximum absolute atomic E-state index is 4.91. The Bertz CT molecular complexity index is 753. The lowest BCUT2D eigenvalue weighted by atomic mass is 9.97. The van der Waals surface area contributed by atoms with Crippen LogP contribution in [0.1, 0.15) is 50.1 Å². The molecule has 4 heteroatoms. The quantitative estimate of drug-likeness (QED) is 0.853. The van der Waals surface area contributed by atoms with Gasteiger partial charge in [0, 0.05) is 61.6 Å². The van der Waals surface area contributed by atoms with Crippen LogP contribution in [-0.2, 0) is 19.5 Å². The predicted octanol–water partition coefficient (Wildman–Crippen LogP) is 3.60. The van der Waals surface area contributed by atoms with Crippen molar-refractivity contribution in [1.82, 2.24) is 19.4 Å². The summed E-state index contributed by atoms with van der Waals surface area (Å²) in [7, 11) is 2.22. The largest absolute Gasteiger partial charge is 0.342 e. The minimum atomic E-state index is 0.716. The normalized spacial score (nSPS) is 25.4. The summed E-state index contributed by atoms with van der Waals surface area (Å²) in [5.41, 5.74) is 6.69. The molecule has 2 aromatic rings. The van der Waals surface area contributed by atoms with E-state index in [1.54, 1.807) is 0 Å². The molecule has 4 nitrogen and oxygen atoms in total. The molecule has 0 bridgehead atoms. The minimum Gasteiger partial charge on any atom is -0.342 e. The van der Waals surface area contributed by atoms with Crippen LogP contribution in [0.4, 0.5) is 0 Å². The first-order chi connectivity index (χ1) is 12.0. The molecule has 25 heavy (non-hydrogen) atoms. The number of hydrogen-bond acceptors (Lipinski definition) is 3. The van der Waals surface area contributed by atoms with Gasteiger partial charge in [-0.3, -0.25) is 9.88 Å². The number of aryl methyl sites for hydroxylation is 1. The minimum absolute atomic E-state index is 0.716. The van der Waals surface area contributed by atoms with E-state index < -0.39 is 0 Å². The van der Waals surface area contributed by atoms with Gasteiger partial charge in [0.1, 0.15) is 0 Å². The molecule has 2 aliphatic heterocycles. The van der Waals surface area contributed by atoms with E-state index in [4.69, 9.17) is 4.98 Å². The fourth-order valence-corrected chi connectivity index (χ4v) is 4.92. The lowest BCUT2D eigenvalue weighted by molar-refractivity contribution is 0.0991. The molecule has 2 aromatic heterocycles. The van der Waals surface area contributed by atoms with Crippen molar-refractivity contribution in [3.05, 3.63) is 29.1 Å². The van der Waals surface area contributed by atoms with Gasteiger partial charge in [-0.1, -0.05) is 6.42 Å². The van der Waals surface area contributed by atoms with Crippen molar-refractivity contribution in [1.29, 1.82) is 0 Å². The van der Waals surface area contributed by atoms with E-state index in [-0.39, 0.29) is 0 Å². The summed E-state index contributed by atoms with van der Waals surface area (Å²) in [6.45, 7) is 11.3. The number of likely N-dealkylation sites (tertiary alicyclic amines) is 1. The predicted molar refractivity (Wildman–Crippen MR) is 104 cm³/mol. The van der Waals surface area contributed by atoms with Crippen molar-refractivity contribution < 1.29 is 0 Å². The second-order valence-corrected chi connectivity index (χ2v) is 8.25. The van der Waals surface area contributed by atoms with Crippen molar-refractivity contribution in [3.63, 3.8) is 0 Å². The molecule has 0 spiro atoms. The third kappa shape index (κ3) is 3.11. The highest BCUT2D eigenvalue weighted by Gasteiger charge is 2.27. The number of likely N-dealkylation sites (N-methyl/N-ethyl adjacent to an activating group) is 1. The Labute approximate surface area is 151 Å². The van der Waals surface area contributed by atoms with Gasteiger partial charge in [-0.05, 0) is 52.8 Å². The molecule has 0 radical (unpaired) electrons. The molecule has 136 valence electrons. The van der Waals surface area contributed by atoms with Crippen LogP contribution in [0, 0.1) is 6.92 Å². The highest BCUT2D eigenvalue weighted by atomic mass is 15.2. The molecule has 2 unspecified atom stereocenters. The number of fused-ring (bicyclic) bond motifs is 3. The average molecular weight is 341 g/mol. The summed E-state index contributed by atoms with van der Waals surface area (Å²) >= 11 is 0. The maximum Gasteiger partial charge on any atom is 0.0932 e. The zero-order valence-electron chi connectivity index (χ0n) is 16.3. The number of rotatable bonds is 3. The molecule has 4 heterocycles. The highest BCUT2D eigenvalue weighted by molar-refractivity contribution is 5.82. The van der Waals surface area contributed by atoms with Crippen LogP contribution in [0.25, 0.3) is 11.0 Å². The van der Waals surface area contributed by atoms with E-state index in [2.05, 4.69) is 54.3 Å². The fraction of sp³-hybridized carbons (Fsp3) is 0.667. The van der Waals surface area contributed by atoms with Crippen LogP contribution in [0.2, 0.25) is 0 Å². The van der Waals surface area contributed by atoms with Crippen molar-refractivity contribution in [2.75, 3.05) is 20.1 Å². The van der Waals surface area contributed by atoms with Gasteiger partial charge < -0.3 is 9.47 Å². The molecular formula is C21H32N4. The molecule has 0 aromatic carbocycles. The van der Waals surface area contributed by atoms with E-state index in [0.29, 0.717) is 12.1 Å². The Morgan fingerprint density at radius 1 is 1.12 bits per heavy atom. The molecule has 2 aliphatic rings. The summed E-state index contributed by atoms with van der Waals surface area (Å²) in [5, 5.41) is 0. The molecule has 1 fully saturated rings. The summed E-state index contributed by atoms with van der Waals surface area (Å²) in [5.74, 6) is 0. The Morgan fingerprint density at radius 2 is 1.88 bits per heavy atom. The van der Waals surface area contributed by atoms with Crippen LogP contribution < -0.4 is 0 Å². The van der Waals surface area contributed by atoms with Gasteiger partial charge in [0.05, 0.1) is 11.0 Å². The van der Waals surface area contributed by atoms with Gasteiger partial charge in [0.15, 0.2) is 0 Å². The first kappa shape index (κ1) is 17.0. The number of aromatic nitrogens is 2. The third-order valence-corrected chi connectivity index (χ3v) is 6.38. The Hall–Kier alpha value is -1.39. The van der Waals surface area contributed by atoms with E-state index in [9.17, 15) is 0 Å². The monoisotopic (exact) mass is 340 g/mol. The summed E-state index contributed by atoms with van der Waals surface area (Å²) in [6, 6.07) is 5.89. The summed E-state index contributed by atoms with van der Waals surface area (Å²) in [4.78, 5) is 10.0. The smallest absolute Gasteiger partial charge is 0.0932 e. The van der Waals surface area contributed by atoms with Crippen molar-refractivity contribution in [3.8, 4) is 0 Å². The zero-order chi connectivity index (χ0) is 17.6. The molecule has 0 aliphatic carbocycles. The number of piperidine rings is 1. The summed E-state index contributed by atoms with van der Waals surface area (Å²) < 4.78 is 2.58. The van der Waals surface area contributed by atoms with Crippen LogP contribution in [0.5, 0.6) is 0 Å². The molecule has 2 atom stereocenters. The van der Waals surface area contributed by atoms with Gasteiger partial charge in [0.2, 0.25) is 0 Å². The van der Waals surface area contributed by atoms with Gasteiger partial charge in [0.25, 0.3) is 0 Å². The second-order valence-electron chi connectivity index (χ2n) is 8.25. The van der Waals surface area contributed by atoms with E-state index >= 15 is 0 Å². The standard InChI is InChI=1S/C21H32N4/c1-15-8-9-20-21(22-15)18-14-23(4)11-10-19(18)25(20)13-12-24-16(2)6-5-7-17(24)3/h8-9,16-17H,5-7,10-14H2,1-4H3. The van der Waals surface area contributed by atoms with Gasteiger partial charge >= 0.3 is 0 Å². The molecule has 1 saturated heterocycles. The van der Waals surface area contributed by atoms with E-state index in [1.807, 2.05) is 0 Å². The van der Waals surface area contributed by atoms with Crippen LogP contribution in [-0.4, -0.2) is 51.6 Å². The summed E-state index contributed by atoms with van der Waals surface area (Å²) in [6.07, 6.45) is 5.23. The fourth-order valence-electron chi connectivity index (χ4n) is 4.92. The molecule has 0 N–H and O–H groups in total. The SMILES string of the molecule is Cc1ccc2c(n1)c1c(n2CCN2C(C)CCCC2C)CCN(C)C1. The average Bonchev–Trinajstić information content (AvgIpc) is 2.87. The van der Waals surface area contributed by atoms with E-state index in [0.717, 1.165) is 38.3 Å². The van der Waals surface area contributed by atoms with Gasteiger partial charge in [-0.15, -0.1) is 0 Å². The molecule has 4 rings (SSSR count). The third-order valence-electron chi connectivity index (χ3n) is 6.38. The zero-order valence-corrected chi connectivity index (χ0v) is 16.3.